The number of carbonyl (C=O) groups is 2. The number of anilines is 1. The molecule has 1 saturated heterocycles. The second kappa shape index (κ2) is 9.61. The number of nitrogens with zero attached hydrogens (tertiary/aromatic N) is 2. The number of hydrogen-bond donors (Lipinski definition) is 1. The lowest BCUT2D eigenvalue weighted by molar-refractivity contribution is -0.125. The summed E-state index contributed by atoms with van der Waals surface area (Å²) in [5, 5.41) is 2.77. The molecule has 176 valence electrons. The van der Waals surface area contributed by atoms with E-state index in [2.05, 4.69) is 5.32 Å². The number of hydrogen-bond acceptors (Lipinski definition) is 4. The molecule has 2 aromatic carbocycles. The highest BCUT2D eigenvalue weighted by Gasteiger charge is 2.38. The van der Waals surface area contributed by atoms with Crippen LogP contribution in [0.1, 0.15) is 43.7 Å². The van der Waals surface area contributed by atoms with Crippen LogP contribution in [0.25, 0.3) is 0 Å². The van der Waals surface area contributed by atoms with Crippen LogP contribution in [0, 0.1) is 5.82 Å². The molecule has 2 aromatic rings. The fraction of sp³-hybridized carbons (Fsp3) is 0.417. The van der Waals surface area contributed by atoms with Crippen LogP contribution in [0.3, 0.4) is 0 Å². The van der Waals surface area contributed by atoms with Gasteiger partial charge in [0.25, 0.3) is 0 Å². The Balaban J connectivity index is 1.54. The molecule has 4 rings (SSSR count). The van der Waals surface area contributed by atoms with Gasteiger partial charge in [-0.05, 0) is 54.3 Å². The van der Waals surface area contributed by atoms with Crippen molar-refractivity contribution in [1.29, 1.82) is 0 Å². The van der Waals surface area contributed by atoms with E-state index >= 15 is 0 Å². The predicted octanol–water partition coefficient (Wildman–Crippen LogP) is 2.98. The minimum absolute atomic E-state index is 0.129. The first-order valence-corrected chi connectivity index (χ1v) is 12.7. The highest BCUT2D eigenvalue weighted by atomic mass is 32.2. The summed E-state index contributed by atoms with van der Waals surface area (Å²) < 4.78 is 41.3. The molecule has 0 aromatic heterocycles. The van der Waals surface area contributed by atoms with E-state index in [4.69, 9.17) is 0 Å². The SMILES string of the molecule is CC(=O)N1c2ccc(S(=O)(=O)N3CCCCCC3)cc2C[C@@H]1C(=O)NCc1cccc(F)c1. The van der Waals surface area contributed by atoms with Gasteiger partial charge in [0, 0.05) is 38.7 Å². The van der Waals surface area contributed by atoms with Crippen LogP contribution in [0.2, 0.25) is 0 Å². The second-order valence-corrected chi connectivity index (χ2v) is 10.5. The normalized spacial score (nSPS) is 19.1. The van der Waals surface area contributed by atoms with Gasteiger partial charge in [0.1, 0.15) is 11.9 Å². The van der Waals surface area contributed by atoms with Crippen LogP contribution in [-0.4, -0.2) is 43.7 Å². The number of sulfonamides is 1. The average molecular weight is 474 g/mol. The molecule has 1 N–H and O–H groups in total. The van der Waals surface area contributed by atoms with Crippen molar-refractivity contribution in [2.75, 3.05) is 18.0 Å². The molecule has 9 heteroatoms. The monoisotopic (exact) mass is 473 g/mol. The molecule has 2 heterocycles. The zero-order valence-electron chi connectivity index (χ0n) is 18.6. The zero-order valence-corrected chi connectivity index (χ0v) is 19.4. The van der Waals surface area contributed by atoms with Crippen molar-refractivity contribution < 1.29 is 22.4 Å². The summed E-state index contributed by atoms with van der Waals surface area (Å²) in [6.45, 7) is 2.52. The molecule has 7 nitrogen and oxygen atoms in total. The number of nitrogens with one attached hydrogen (secondary N) is 1. The van der Waals surface area contributed by atoms with E-state index in [1.54, 1.807) is 24.3 Å². The molecule has 0 unspecified atom stereocenters. The quantitative estimate of drug-likeness (QED) is 0.723. The van der Waals surface area contributed by atoms with Gasteiger partial charge in [-0.15, -0.1) is 0 Å². The fourth-order valence-electron chi connectivity index (χ4n) is 4.57. The molecule has 1 atom stereocenters. The lowest BCUT2D eigenvalue weighted by Gasteiger charge is -2.24. The molecular formula is C24H28FN3O4S. The van der Waals surface area contributed by atoms with Crippen LogP contribution in [0.15, 0.2) is 47.4 Å². The molecule has 1 fully saturated rings. The Morgan fingerprint density at radius 2 is 1.79 bits per heavy atom. The van der Waals surface area contributed by atoms with Crippen LogP contribution >= 0.6 is 0 Å². The lowest BCUT2D eigenvalue weighted by atomic mass is 10.1. The third kappa shape index (κ3) is 4.94. The standard InChI is InChI=1S/C24H28FN3O4S/c1-17(29)28-22-10-9-21(33(31,32)27-11-4-2-3-5-12-27)14-19(22)15-23(28)24(30)26-16-18-7-6-8-20(25)13-18/h6-10,13-14,23H,2-5,11-12,15-16H2,1H3,(H,26,30)/t23-/m1/s1. The van der Waals surface area contributed by atoms with Crippen molar-refractivity contribution in [3.8, 4) is 0 Å². The Hall–Kier alpha value is -2.78. The van der Waals surface area contributed by atoms with Gasteiger partial charge >= 0.3 is 0 Å². The minimum Gasteiger partial charge on any atom is -0.350 e. The summed E-state index contributed by atoms with van der Waals surface area (Å²) in [7, 11) is -3.64. The minimum atomic E-state index is -3.64. The largest absolute Gasteiger partial charge is 0.350 e. The number of benzene rings is 2. The van der Waals surface area contributed by atoms with Gasteiger partial charge < -0.3 is 5.32 Å². The topological polar surface area (TPSA) is 86.8 Å². The lowest BCUT2D eigenvalue weighted by Crippen LogP contribution is -2.47. The molecule has 2 aliphatic rings. The molecule has 33 heavy (non-hydrogen) atoms. The first kappa shape index (κ1) is 23.4. The van der Waals surface area contributed by atoms with E-state index in [0.717, 1.165) is 25.7 Å². The molecule has 0 radical (unpaired) electrons. The zero-order chi connectivity index (χ0) is 23.6. The second-order valence-electron chi connectivity index (χ2n) is 8.57. The van der Waals surface area contributed by atoms with Gasteiger partial charge in [0.2, 0.25) is 21.8 Å². The molecule has 0 saturated carbocycles. The number of amides is 2. The van der Waals surface area contributed by atoms with Gasteiger partial charge in [-0.25, -0.2) is 12.8 Å². The summed E-state index contributed by atoms with van der Waals surface area (Å²) in [6, 6.07) is 9.86. The van der Waals surface area contributed by atoms with E-state index < -0.39 is 21.9 Å². The fourth-order valence-corrected chi connectivity index (χ4v) is 6.14. The Kier molecular flexibility index (Phi) is 6.81. The maximum atomic E-state index is 13.4. The van der Waals surface area contributed by atoms with Gasteiger partial charge in [-0.2, -0.15) is 4.31 Å². The van der Waals surface area contributed by atoms with Gasteiger partial charge in [0.15, 0.2) is 0 Å². The van der Waals surface area contributed by atoms with E-state index in [-0.39, 0.29) is 29.7 Å². The highest BCUT2D eigenvalue weighted by molar-refractivity contribution is 7.89. The Morgan fingerprint density at radius 3 is 2.45 bits per heavy atom. The van der Waals surface area contributed by atoms with Crippen molar-refractivity contribution in [2.24, 2.45) is 0 Å². The highest BCUT2D eigenvalue weighted by Crippen LogP contribution is 2.35. The first-order chi connectivity index (χ1) is 15.8. The van der Waals surface area contributed by atoms with Crippen molar-refractivity contribution in [2.45, 2.75) is 56.5 Å². The van der Waals surface area contributed by atoms with Crippen molar-refractivity contribution in [3.63, 3.8) is 0 Å². The molecular weight excluding hydrogens is 445 g/mol. The van der Waals surface area contributed by atoms with E-state index in [0.29, 0.717) is 29.9 Å². The van der Waals surface area contributed by atoms with Gasteiger partial charge in [-0.3, -0.25) is 14.5 Å². The number of carbonyl (C=O) groups excluding carboxylic acids is 2. The van der Waals surface area contributed by atoms with E-state index in [1.165, 1.54) is 34.3 Å². The van der Waals surface area contributed by atoms with Gasteiger partial charge in [0.05, 0.1) is 4.90 Å². The summed E-state index contributed by atoms with van der Waals surface area (Å²) in [6.07, 6.45) is 3.95. The Labute approximate surface area is 193 Å². The average Bonchev–Trinajstić information content (AvgIpc) is 2.95. The summed E-state index contributed by atoms with van der Waals surface area (Å²) >= 11 is 0. The van der Waals surface area contributed by atoms with Gasteiger partial charge in [-0.1, -0.05) is 25.0 Å². The third-order valence-corrected chi connectivity index (χ3v) is 8.13. The first-order valence-electron chi connectivity index (χ1n) is 11.2. The van der Waals surface area contributed by atoms with Crippen molar-refractivity contribution >= 4 is 27.5 Å². The van der Waals surface area contributed by atoms with E-state index in [9.17, 15) is 22.4 Å². The Morgan fingerprint density at radius 1 is 1.06 bits per heavy atom. The third-order valence-electron chi connectivity index (χ3n) is 6.24. The summed E-state index contributed by atoms with van der Waals surface area (Å²) in [5.74, 6) is -1.07. The molecule has 0 bridgehead atoms. The van der Waals surface area contributed by atoms with E-state index in [1.807, 2.05) is 0 Å². The van der Waals surface area contributed by atoms with Crippen LogP contribution in [-0.2, 0) is 32.6 Å². The predicted molar refractivity (Wildman–Crippen MR) is 123 cm³/mol. The molecule has 0 aliphatic carbocycles. The Bertz CT molecular complexity index is 1160. The molecule has 0 spiro atoms. The number of halogens is 1. The van der Waals surface area contributed by atoms with Crippen LogP contribution < -0.4 is 10.2 Å². The summed E-state index contributed by atoms with van der Waals surface area (Å²) in [5.41, 5.74) is 1.80. The molecule has 2 aliphatic heterocycles. The number of rotatable bonds is 5. The summed E-state index contributed by atoms with van der Waals surface area (Å²) in [4.78, 5) is 26.9. The smallest absolute Gasteiger partial charge is 0.243 e. The van der Waals surface area contributed by atoms with Crippen molar-refractivity contribution in [3.05, 3.63) is 59.4 Å². The maximum Gasteiger partial charge on any atom is 0.243 e. The van der Waals surface area contributed by atoms with Crippen LogP contribution in [0.4, 0.5) is 10.1 Å². The molecule has 2 amide bonds. The number of fused-ring (bicyclic) bond motifs is 1. The maximum absolute atomic E-state index is 13.4. The van der Waals surface area contributed by atoms with Crippen molar-refractivity contribution in [1.82, 2.24) is 9.62 Å². The van der Waals surface area contributed by atoms with Crippen LogP contribution in [0.5, 0.6) is 0 Å².